The molecule has 5 heteroatoms. The van der Waals surface area contributed by atoms with Crippen LogP contribution in [0.3, 0.4) is 0 Å². The number of hydrogen-bond donors (Lipinski definition) is 1. The summed E-state index contributed by atoms with van der Waals surface area (Å²) in [7, 11) is 0. The third kappa shape index (κ3) is 1.97. The Balaban J connectivity index is 2.44. The zero-order chi connectivity index (χ0) is 12.6. The van der Waals surface area contributed by atoms with Gasteiger partial charge in [-0.2, -0.15) is 0 Å². The summed E-state index contributed by atoms with van der Waals surface area (Å²) in [5.41, 5.74) is 1.52. The number of benzene rings is 1. The summed E-state index contributed by atoms with van der Waals surface area (Å²) in [4.78, 5) is 24.5. The van der Waals surface area contributed by atoms with Crippen molar-refractivity contribution in [1.29, 1.82) is 0 Å². The first-order valence-electron chi connectivity index (χ1n) is 4.96. The molecule has 1 aliphatic rings. The molecule has 0 radical (unpaired) electrons. The molecule has 4 nitrogen and oxygen atoms in total. The molecule has 0 unspecified atom stereocenters. The fraction of sp³-hybridized carbons (Fsp3) is 0.0833. The van der Waals surface area contributed by atoms with Crippen molar-refractivity contribution in [3.8, 4) is 0 Å². The van der Waals surface area contributed by atoms with Crippen molar-refractivity contribution in [2.75, 3.05) is 4.90 Å². The minimum Gasteiger partial charge on any atom is -0.298 e. The highest BCUT2D eigenvalue weighted by Gasteiger charge is 2.32. The summed E-state index contributed by atoms with van der Waals surface area (Å²) in [6.45, 7) is 5.36. The van der Waals surface area contributed by atoms with E-state index in [1.807, 2.05) is 25.1 Å². The van der Waals surface area contributed by atoms with Crippen molar-refractivity contribution < 1.29 is 9.59 Å². The minimum atomic E-state index is -0.538. The van der Waals surface area contributed by atoms with Gasteiger partial charge in [0.2, 0.25) is 0 Å². The fourth-order valence-electron chi connectivity index (χ4n) is 1.55. The molecular weight excluding hydrogens is 236 g/mol. The normalized spacial score (nSPS) is 16.2. The number of hydrogen-bond acceptors (Lipinski definition) is 3. The van der Waals surface area contributed by atoms with Gasteiger partial charge in [0.1, 0.15) is 0 Å². The van der Waals surface area contributed by atoms with Gasteiger partial charge in [0, 0.05) is 0 Å². The van der Waals surface area contributed by atoms with E-state index in [-0.39, 0.29) is 10.7 Å². The monoisotopic (exact) mass is 246 g/mol. The average Bonchev–Trinajstić information content (AvgIpc) is 2.26. The van der Waals surface area contributed by atoms with E-state index < -0.39 is 11.8 Å². The third-order valence-corrected chi connectivity index (χ3v) is 2.70. The highest BCUT2D eigenvalue weighted by Crippen LogP contribution is 2.20. The molecule has 1 fully saturated rings. The number of carbonyl (C=O) groups excluding carboxylic acids is 2. The lowest BCUT2D eigenvalue weighted by Gasteiger charge is -2.28. The Bertz CT molecular complexity index is 551. The van der Waals surface area contributed by atoms with E-state index in [0.717, 1.165) is 5.56 Å². The Morgan fingerprint density at radius 1 is 1.35 bits per heavy atom. The molecule has 1 saturated heterocycles. The maximum atomic E-state index is 11.9. The van der Waals surface area contributed by atoms with E-state index >= 15 is 0 Å². The fourth-order valence-corrected chi connectivity index (χ4v) is 1.84. The van der Waals surface area contributed by atoms with Crippen LogP contribution < -0.4 is 10.2 Å². The highest BCUT2D eigenvalue weighted by molar-refractivity contribution is 7.80. The zero-order valence-corrected chi connectivity index (χ0v) is 10.0. The van der Waals surface area contributed by atoms with Crippen molar-refractivity contribution in [2.45, 2.75) is 6.92 Å². The second kappa shape index (κ2) is 4.10. The molecule has 1 N–H and O–H groups in total. The van der Waals surface area contributed by atoms with Crippen molar-refractivity contribution in [2.24, 2.45) is 0 Å². The molecule has 1 aliphatic heterocycles. The molecular formula is C12H10N2O2S. The Kier molecular flexibility index (Phi) is 2.77. The molecule has 1 aromatic carbocycles. The van der Waals surface area contributed by atoms with Crippen LogP contribution in [-0.4, -0.2) is 16.9 Å². The number of amides is 2. The lowest BCUT2D eigenvalue weighted by Crippen LogP contribution is -2.54. The molecule has 0 spiro atoms. The lowest BCUT2D eigenvalue weighted by atomic mass is 10.1. The molecule has 1 heterocycles. The van der Waals surface area contributed by atoms with Gasteiger partial charge in [-0.1, -0.05) is 18.7 Å². The van der Waals surface area contributed by atoms with E-state index in [4.69, 9.17) is 12.2 Å². The third-order valence-electron chi connectivity index (χ3n) is 2.42. The number of anilines is 1. The molecule has 0 atom stereocenters. The van der Waals surface area contributed by atoms with Crippen LogP contribution >= 0.6 is 12.2 Å². The maximum Gasteiger partial charge on any atom is 0.269 e. The highest BCUT2D eigenvalue weighted by atomic mass is 32.1. The molecule has 0 bridgehead atoms. The maximum absolute atomic E-state index is 11.9. The number of nitrogens with one attached hydrogen (secondary N) is 1. The van der Waals surface area contributed by atoms with Crippen LogP contribution in [0, 0.1) is 6.92 Å². The molecule has 17 heavy (non-hydrogen) atoms. The second-order valence-electron chi connectivity index (χ2n) is 3.72. The molecule has 2 rings (SSSR count). The van der Waals surface area contributed by atoms with Crippen molar-refractivity contribution >= 4 is 34.8 Å². The molecule has 0 aromatic heterocycles. The zero-order valence-electron chi connectivity index (χ0n) is 9.19. The summed E-state index contributed by atoms with van der Waals surface area (Å²) in [5, 5.41) is 2.51. The Labute approximate surface area is 104 Å². The quantitative estimate of drug-likeness (QED) is 0.461. The first-order chi connectivity index (χ1) is 8.00. The topological polar surface area (TPSA) is 49.4 Å². The van der Waals surface area contributed by atoms with Crippen LogP contribution in [0.15, 0.2) is 36.4 Å². The van der Waals surface area contributed by atoms with Gasteiger partial charge >= 0.3 is 0 Å². The summed E-state index contributed by atoms with van der Waals surface area (Å²) in [5.74, 6) is -1.02. The van der Waals surface area contributed by atoms with Crippen LogP contribution in [0.4, 0.5) is 5.69 Å². The predicted octanol–water partition coefficient (Wildman–Crippen LogP) is 1.30. The SMILES string of the molecule is C=C1C(=O)NC(=S)N(c2cccc(C)c2)C1=O. The first kappa shape index (κ1) is 11.5. The van der Waals surface area contributed by atoms with Gasteiger partial charge in [-0.25, -0.2) is 0 Å². The molecule has 1 aromatic rings. The Morgan fingerprint density at radius 3 is 2.71 bits per heavy atom. The minimum absolute atomic E-state index is 0.0815. The summed E-state index contributed by atoms with van der Waals surface area (Å²) in [6, 6.07) is 7.30. The Hall–Kier alpha value is -2.01. The average molecular weight is 246 g/mol. The molecule has 0 saturated carbocycles. The van der Waals surface area contributed by atoms with E-state index in [1.54, 1.807) is 6.07 Å². The lowest BCUT2D eigenvalue weighted by molar-refractivity contribution is -0.122. The van der Waals surface area contributed by atoms with Crippen LogP contribution in [0.2, 0.25) is 0 Å². The van der Waals surface area contributed by atoms with Crippen molar-refractivity contribution in [1.82, 2.24) is 5.32 Å². The number of aryl methyl sites for hydroxylation is 1. The first-order valence-corrected chi connectivity index (χ1v) is 5.37. The van der Waals surface area contributed by atoms with Crippen LogP contribution in [0.25, 0.3) is 0 Å². The smallest absolute Gasteiger partial charge is 0.269 e. The van der Waals surface area contributed by atoms with Crippen LogP contribution in [0.5, 0.6) is 0 Å². The van der Waals surface area contributed by atoms with Gasteiger partial charge in [0.25, 0.3) is 11.8 Å². The number of nitrogens with zero attached hydrogens (tertiary/aromatic N) is 1. The van der Waals surface area contributed by atoms with Gasteiger partial charge in [-0.3, -0.25) is 19.8 Å². The predicted molar refractivity (Wildman–Crippen MR) is 68.5 cm³/mol. The number of carbonyl (C=O) groups is 2. The molecule has 86 valence electrons. The summed E-state index contributed by atoms with van der Waals surface area (Å²) < 4.78 is 0. The van der Waals surface area contributed by atoms with E-state index in [9.17, 15) is 9.59 Å². The molecule has 2 amide bonds. The van der Waals surface area contributed by atoms with Gasteiger partial charge in [-0.15, -0.1) is 0 Å². The summed E-state index contributed by atoms with van der Waals surface area (Å²) >= 11 is 4.99. The number of thiocarbonyl (C=S) groups is 1. The van der Waals surface area contributed by atoms with E-state index in [2.05, 4.69) is 11.9 Å². The van der Waals surface area contributed by atoms with Gasteiger partial charge in [0.15, 0.2) is 5.11 Å². The van der Waals surface area contributed by atoms with Gasteiger partial charge in [0.05, 0.1) is 11.3 Å². The Morgan fingerprint density at radius 2 is 2.06 bits per heavy atom. The number of rotatable bonds is 1. The van der Waals surface area contributed by atoms with E-state index in [1.165, 1.54) is 4.90 Å². The van der Waals surface area contributed by atoms with Gasteiger partial charge in [-0.05, 0) is 36.8 Å². The second-order valence-corrected chi connectivity index (χ2v) is 4.10. The van der Waals surface area contributed by atoms with E-state index in [0.29, 0.717) is 5.69 Å². The van der Waals surface area contributed by atoms with Gasteiger partial charge < -0.3 is 0 Å². The molecule has 0 aliphatic carbocycles. The van der Waals surface area contributed by atoms with Crippen LogP contribution in [-0.2, 0) is 9.59 Å². The van der Waals surface area contributed by atoms with Crippen LogP contribution in [0.1, 0.15) is 5.56 Å². The standard InChI is InChI=1S/C12H10N2O2S/c1-7-4-3-5-9(6-7)14-11(16)8(2)10(15)13-12(14)17/h3-6H,2H2,1H3,(H,13,15,17). The summed E-state index contributed by atoms with van der Waals surface area (Å²) in [6.07, 6.45) is 0. The van der Waals surface area contributed by atoms with Crippen molar-refractivity contribution in [3.05, 3.63) is 42.0 Å². The van der Waals surface area contributed by atoms with Crippen molar-refractivity contribution in [3.63, 3.8) is 0 Å². The largest absolute Gasteiger partial charge is 0.298 e.